The van der Waals surface area contributed by atoms with Crippen molar-refractivity contribution in [3.8, 4) is 5.75 Å². The van der Waals surface area contributed by atoms with Crippen molar-refractivity contribution in [3.05, 3.63) is 90.0 Å². The zero-order chi connectivity index (χ0) is 23.1. The van der Waals surface area contributed by atoms with E-state index in [2.05, 4.69) is 10.5 Å². The number of anilines is 1. The number of nitrogens with zero attached hydrogens (tertiary/aromatic N) is 2. The van der Waals surface area contributed by atoms with Gasteiger partial charge in [-0.2, -0.15) is 5.10 Å². The molecule has 166 valence electrons. The summed E-state index contributed by atoms with van der Waals surface area (Å²) in [6.45, 7) is 3.32. The molecule has 32 heavy (non-hydrogen) atoms. The van der Waals surface area contributed by atoms with Crippen LogP contribution in [0.15, 0.2) is 88.9 Å². The van der Waals surface area contributed by atoms with Gasteiger partial charge >= 0.3 is 0 Å². The van der Waals surface area contributed by atoms with E-state index in [4.69, 9.17) is 4.74 Å². The first-order valence-corrected chi connectivity index (χ1v) is 11.4. The highest BCUT2D eigenvalue weighted by Gasteiger charge is 2.27. The second-order valence-electron chi connectivity index (χ2n) is 7.12. The molecule has 7 nitrogen and oxygen atoms in total. The van der Waals surface area contributed by atoms with E-state index in [9.17, 15) is 13.2 Å². The number of carbonyl (C=O) groups is 1. The number of ether oxygens (including phenoxy) is 1. The van der Waals surface area contributed by atoms with E-state index in [1.165, 1.54) is 19.2 Å². The van der Waals surface area contributed by atoms with Gasteiger partial charge in [0.15, 0.2) is 0 Å². The molecule has 0 aromatic heterocycles. The highest BCUT2D eigenvalue weighted by Crippen LogP contribution is 2.25. The lowest BCUT2D eigenvalue weighted by Crippen LogP contribution is -2.39. The normalized spacial score (nSPS) is 11.7. The predicted octanol–water partition coefficient (Wildman–Crippen LogP) is 3.74. The molecule has 1 amide bonds. The zero-order valence-electron chi connectivity index (χ0n) is 18.1. The van der Waals surface area contributed by atoms with E-state index in [1.807, 2.05) is 31.2 Å². The van der Waals surface area contributed by atoms with E-state index in [0.29, 0.717) is 17.1 Å². The van der Waals surface area contributed by atoms with Crippen LogP contribution in [0.25, 0.3) is 0 Å². The van der Waals surface area contributed by atoms with Crippen LogP contribution < -0.4 is 14.5 Å². The molecule has 0 radical (unpaired) electrons. The molecule has 0 saturated carbocycles. The zero-order valence-corrected chi connectivity index (χ0v) is 19.0. The molecular weight excluding hydrogens is 426 g/mol. The Bertz CT molecular complexity index is 1190. The van der Waals surface area contributed by atoms with Gasteiger partial charge in [0.1, 0.15) is 12.3 Å². The maximum absolute atomic E-state index is 13.3. The Kier molecular flexibility index (Phi) is 7.27. The smallest absolute Gasteiger partial charge is 0.264 e. The fourth-order valence-corrected chi connectivity index (χ4v) is 4.40. The van der Waals surface area contributed by atoms with Gasteiger partial charge in [0.25, 0.3) is 15.9 Å². The second-order valence-corrected chi connectivity index (χ2v) is 8.98. The fourth-order valence-electron chi connectivity index (χ4n) is 2.95. The minimum atomic E-state index is -3.98. The van der Waals surface area contributed by atoms with Gasteiger partial charge in [0.2, 0.25) is 0 Å². The lowest BCUT2D eigenvalue weighted by Gasteiger charge is -2.24. The van der Waals surface area contributed by atoms with Gasteiger partial charge in [-0.3, -0.25) is 9.10 Å². The topological polar surface area (TPSA) is 88.1 Å². The molecule has 0 atom stereocenters. The molecule has 0 spiro atoms. The Balaban J connectivity index is 1.85. The number of hydrazone groups is 1. The molecule has 3 aromatic carbocycles. The highest BCUT2D eigenvalue weighted by molar-refractivity contribution is 7.92. The number of hydrogen-bond acceptors (Lipinski definition) is 5. The third kappa shape index (κ3) is 5.53. The van der Waals surface area contributed by atoms with Crippen molar-refractivity contribution < 1.29 is 17.9 Å². The van der Waals surface area contributed by atoms with Crippen molar-refractivity contribution in [1.29, 1.82) is 0 Å². The van der Waals surface area contributed by atoms with Crippen molar-refractivity contribution >= 4 is 27.3 Å². The Morgan fingerprint density at radius 1 is 0.969 bits per heavy atom. The van der Waals surface area contributed by atoms with Crippen LogP contribution in [-0.4, -0.2) is 33.7 Å². The second kappa shape index (κ2) is 10.1. The van der Waals surface area contributed by atoms with Crippen molar-refractivity contribution in [2.45, 2.75) is 18.7 Å². The van der Waals surface area contributed by atoms with Crippen LogP contribution in [0.1, 0.15) is 18.1 Å². The summed E-state index contributed by atoms with van der Waals surface area (Å²) in [5.74, 6) is 0.0142. The van der Waals surface area contributed by atoms with Gasteiger partial charge in [-0.1, -0.05) is 48.0 Å². The lowest BCUT2D eigenvalue weighted by atomic mass is 10.1. The first-order valence-electron chi connectivity index (χ1n) is 9.93. The molecule has 0 aliphatic heterocycles. The fraction of sp³-hybridized carbons (Fsp3) is 0.167. The monoisotopic (exact) mass is 451 g/mol. The molecule has 0 bridgehead atoms. The quantitative estimate of drug-likeness (QED) is 0.417. The van der Waals surface area contributed by atoms with Crippen LogP contribution in [0, 0.1) is 6.92 Å². The maximum atomic E-state index is 13.3. The number of methoxy groups -OCH3 is 1. The predicted molar refractivity (Wildman–Crippen MR) is 126 cm³/mol. The van der Waals surface area contributed by atoms with Crippen LogP contribution in [0.4, 0.5) is 5.69 Å². The van der Waals surface area contributed by atoms with E-state index in [1.54, 1.807) is 49.4 Å². The molecule has 0 aliphatic carbocycles. The first-order chi connectivity index (χ1) is 15.3. The Morgan fingerprint density at radius 2 is 1.59 bits per heavy atom. The number of aryl methyl sites for hydroxylation is 1. The van der Waals surface area contributed by atoms with Crippen LogP contribution in [0.2, 0.25) is 0 Å². The molecule has 3 aromatic rings. The summed E-state index contributed by atoms with van der Waals surface area (Å²) in [7, 11) is -2.46. The van der Waals surface area contributed by atoms with Crippen molar-refractivity contribution in [1.82, 2.24) is 5.43 Å². The van der Waals surface area contributed by atoms with E-state index in [0.717, 1.165) is 15.4 Å². The van der Waals surface area contributed by atoms with Crippen LogP contribution in [0.3, 0.4) is 0 Å². The standard InChI is InChI=1S/C24H25N3O4S/c1-18-9-11-20(12-10-18)19(2)25-26-24(28)17-27(21-13-15-22(31-3)16-14-21)32(29,30)23-7-5-4-6-8-23/h4-16H,17H2,1-3H3,(H,26,28)/b25-19-. The molecule has 1 N–H and O–H groups in total. The van der Waals surface area contributed by atoms with Gasteiger partial charge < -0.3 is 4.74 Å². The van der Waals surface area contributed by atoms with E-state index in [-0.39, 0.29) is 4.90 Å². The van der Waals surface area contributed by atoms with Crippen LogP contribution in [0.5, 0.6) is 5.75 Å². The minimum Gasteiger partial charge on any atom is -0.497 e. The van der Waals surface area contributed by atoms with Crippen molar-refractivity contribution in [3.63, 3.8) is 0 Å². The summed E-state index contributed by atoms with van der Waals surface area (Å²) in [5, 5.41) is 4.13. The van der Waals surface area contributed by atoms with Gasteiger partial charge in [-0.15, -0.1) is 0 Å². The third-order valence-electron chi connectivity index (χ3n) is 4.80. The Hall–Kier alpha value is -3.65. The highest BCUT2D eigenvalue weighted by atomic mass is 32.2. The first kappa shape index (κ1) is 23.0. The number of benzene rings is 3. The molecule has 0 saturated heterocycles. The summed E-state index contributed by atoms with van der Waals surface area (Å²) >= 11 is 0. The van der Waals surface area contributed by atoms with Crippen molar-refractivity contribution in [2.24, 2.45) is 5.10 Å². The van der Waals surface area contributed by atoms with Gasteiger partial charge in [0, 0.05) is 0 Å². The molecule has 0 fully saturated rings. The van der Waals surface area contributed by atoms with Gasteiger partial charge in [-0.25, -0.2) is 13.8 Å². The molecule has 0 aliphatic rings. The number of carbonyl (C=O) groups excluding carboxylic acids is 1. The Morgan fingerprint density at radius 3 is 2.19 bits per heavy atom. The van der Waals surface area contributed by atoms with Gasteiger partial charge in [-0.05, 0) is 55.8 Å². The van der Waals surface area contributed by atoms with Crippen molar-refractivity contribution in [2.75, 3.05) is 18.0 Å². The van der Waals surface area contributed by atoms with E-state index < -0.39 is 22.5 Å². The van der Waals surface area contributed by atoms with E-state index >= 15 is 0 Å². The number of nitrogens with one attached hydrogen (secondary N) is 1. The molecule has 8 heteroatoms. The maximum Gasteiger partial charge on any atom is 0.264 e. The number of rotatable bonds is 8. The average molecular weight is 452 g/mol. The number of sulfonamides is 1. The summed E-state index contributed by atoms with van der Waals surface area (Å²) in [6.07, 6.45) is 0. The molecule has 0 heterocycles. The summed E-state index contributed by atoms with van der Waals surface area (Å²) < 4.78 is 32.8. The average Bonchev–Trinajstić information content (AvgIpc) is 2.82. The SMILES string of the molecule is COc1ccc(N(CC(=O)N/N=C(/C)c2ccc(C)cc2)S(=O)(=O)c2ccccc2)cc1. The van der Waals surface area contributed by atoms with Crippen LogP contribution >= 0.6 is 0 Å². The summed E-state index contributed by atoms with van der Waals surface area (Å²) in [6, 6.07) is 22.2. The van der Waals surface area contributed by atoms with Gasteiger partial charge in [0.05, 0.1) is 23.4 Å². The van der Waals surface area contributed by atoms with Crippen LogP contribution in [-0.2, 0) is 14.8 Å². The molecule has 0 unspecified atom stereocenters. The largest absolute Gasteiger partial charge is 0.497 e. The third-order valence-corrected chi connectivity index (χ3v) is 6.58. The summed E-state index contributed by atoms with van der Waals surface area (Å²) in [5.41, 5.74) is 5.39. The molecular formula is C24H25N3O4S. The minimum absolute atomic E-state index is 0.0861. The number of amides is 1. The lowest BCUT2D eigenvalue weighted by molar-refractivity contribution is -0.119. The molecule has 3 rings (SSSR count). The summed E-state index contributed by atoms with van der Waals surface area (Å²) in [4.78, 5) is 12.8. The number of hydrogen-bond donors (Lipinski definition) is 1. The Labute approximate surface area is 188 Å².